The number of nitrogens with two attached hydrogens (primary N) is 1. The van der Waals surface area contributed by atoms with Gasteiger partial charge in [-0.25, -0.2) is 13.6 Å². The maximum atomic E-state index is 11.1. The number of primary sulfonamides is 1. The number of hydrogen-bond donors (Lipinski definition) is 2. The van der Waals surface area contributed by atoms with E-state index in [1.807, 2.05) is 19.2 Å². The Balaban J connectivity index is 2.74. The van der Waals surface area contributed by atoms with Gasteiger partial charge in [0.2, 0.25) is 10.0 Å². The molecule has 4 nitrogen and oxygen atoms in total. The highest BCUT2D eigenvalue weighted by Gasteiger charge is 2.11. The smallest absolute Gasteiger partial charge is 0.238 e. The molecule has 18 heavy (non-hydrogen) atoms. The second-order valence-corrected chi connectivity index (χ2v) is 6.57. The number of benzene rings is 1. The Morgan fingerprint density at radius 1 is 1.22 bits per heavy atom. The van der Waals surface area contributed by atoms with Crippen molar-refractivity contribution in [2.45, 2.75) is 37.6 Å². The van der Waals surface area contributed by atoms with Crippen LogP contribution in [0.15, 0.2) is 29.2 Å². The Morgan fingerprint density at radius 3 is 2.17 bits per heavy atom. The number of rotatable bonds is 6. The molecule has 1 aromatic carbocycles. The highest BCUT2D eigenvalue weighted by molar-refractivity contribution is 7.89. The molecule has 0 spiro atoms. The molecule has 1 unspecified atom stereocenters. The van der Waals surface area contributed by atoms with E-state index in [1.165, 1.54) is 0 Å². The summed E-state index contributed by atoms with van der Waals surface area (Å²) < 4.78 is 22.3. The van der Waals surface area contributed by atoms with E-state index in [0.717, 1.165) is 18.4 Å². The van der Waals surface area contributed by atoms with E-state index >= 15 is 0 Å². The first-order chi connectivity index (χ1) is 8.32. The number of hydrogen-bond acceptors (Lipinski definition) is 3. The predicted molar refractivity (Wildman–Crippen MR) is 73.8 cm³/mol. The van der Waals surface area contributed by atoms with E-state index in [0.29, 0.717) is 12.0 Å². The van der Waals surface area contributed by atoms with Gasteiger partial charge < -0.3 is 5.32 Å². The van der Waals surface area contributed by atoms with Crippen LogP contribution in [0.3, 0.4) is 0 Å². The first-order valence-electron chi connectivity index (χ1n) is 6.12. The summed E-state index contributed by atoms with van der Waals surface area (Å²) in [6, 6.07) is 7.18. The first-order valence-corrected chi connectivity index (χ1v) is 7.66. The summed E-state index contributed by atoms with van der Waals surface area (Å²) >= 11 is 0. The molecule has 0 bridgehead atoms. The largest absolute Gasteiger partial charge is 0.317 e. The van der Waals surface area contributed by atoms with Gasteiger partial charge in [0.1, 0.15) is 0 Å². The quantitative estimate of drug-likeness (QED) is 0.823. The molecular weight excluding hydrogens is 248 g/mol. The maximum absolute atomic E-state index is 11.1. The lowest BCUT2D eigenvalue weighted by Crippen LogP contribution is -2.29. The highest BCUT2D eigenvalue weighted by Crippen LogP contribution is 2.13. The monoisotopic (exact) mass is 270 g/mol. The van der Waals surface area contributed by atoms with Crippen molar-refractivity contribution < 1.29 is 8.42 Å². The third-order valence-corrected chi connectivity index (χ3v) is 3.83. The Kier molecular flexibility index (Phi) is 5.31. The molecule has 1 aromatic rings. The van der Waals surface area contributed by atoms with Gasteiger partial charge >= 0.3 is 0 Å². The van der Waals surface area contributed by atoms with Crippen LogP contribution in [0, 0.1) is 5.92 Å². The van der Waals surface area contributed by atoms with Crippen LogP contribution in [0.2, 0.25) is 0 Å². The fourth-order valence-corrected chi connectivity index (χ4v) is 2.49. The molecule has 0 saturated carbocycles. The van der Waals surface area contributed by atoms with Gasteiger partial charge in [0.25, 0.3) is 0 Å². The van der Waals surface area contributed by atoms with Crippen molar-refractivity contribution in [2.75, 3.05) is 7.05 Å². The van der Waals surface area contributed by atoms with Crippen LogP contribution >= 0.6 is 0 Å². The first kappa shape index (κ1) is 15.1. The zero-order valence-corrected chi connectivity index (χ0v) is 12.0. The number of sulfonamides is 1. The number of likely N-dealkylation sites (N-methyl/N-ethyl adjacent to an activating group) is 1. The van der Waals surface area contributed by atoms with E-state index in [2.05, 4.69) is 19.2 Å². The molecule has 5 heteroatoms. The molecule has 0 amide bonds. The normalized spacial score (nSPS) is 13.8. The Bertz CT molecular complexity index is 466. The van der Waals surface area contributed by atoms with E-state index in [-0.39, 0.29) is 4.90 Å². The lowest BCUT2D eigenvalue weighted by molar-refractivity contribution is 0.441. The van der Waals surface area contributed by atoms with Gasteiger partial charge in [-0.15, -0.1) is 0 Å². The van der Waals surface area contributed by atoms with Crippen LogP contribution in [0.4, 0.5) is 0 Å². The van der Waals surface area contributed by atoms with Crippen LogP contribution in [-0.4, -0.2) is 21.5 Å². The van der Waals surface area contributed by atoms with Gasteiger partial charge in [-0.2, -0.15) is 0 Å². The second kappa shape index (κ2) is 6.31. The lowest BCUT2D eigenvalue weighted by Gasteiger charge is -2.18. The molecule has 1 rings (SSSR count). The minimum Gasteiger partial charge on any atom is -0.317 e. The minimum absolute atomic E-state index is 0.163. The topological polar surface area (TPSA) is 72.2 Å². The average Bonchev–Trinajstić information content (AvgIpc) is 2.27. The summed E-state index contributed by atoms with van der Waals surface area (Å²) in [6.45, 7) is 4.38. The summed E-state index contributed by atoms with van der Waals surface area (Å²) in [7, 11) is -1.64. The van der Waals surface area contributed by atoms with E-state index < -0.39 is 10.0 Å². The standard InChI is InChI=1S/C13H22N2O2S/c1-10(2)8-12(15-3)9-11-4-6-13(7-5-11)18(14,16)17/h4-7,10,12,15H,8-9H2,1-3H3,(H2,14,16,17). The molecule has 3 N–H and O–H groups in total. The van der Waals surface area contributed by atoms with Crippen molar-refractivity contribution in [3.05, 3.63) is 29.8 Å². The van der Waals surface area contributed by atoms with Gasteiger partial charge in [0, 0.05) is 6.04 Å². The molecule has 1 atom stereocenters. The van der Waals surface area contributed by atoms with Crippen molar-refractivity contribution >= 4 is 10.0 Å². The van der Waals surface area contributed by atoms with Crippen molar-refractivity contribution in [3.63, 3.8) is 0 Å². The third kappa shape index (κ3) is 4.76. The predicted octanol–water partition coefficient (Wildman–Crippen LogP) is 1.51. The zero-order valence-electron chi connectivity index (χ0n) is 11.2. The summed E-state index contributed by atoms with van der Waals surface area (Å²) in [5.41, 5.74) is 1.11. The fraction of sp³-hybridized carbons (Fsp3) is 0.538. The molecule has 0 saturated heterocycles. The summed E-state index contributed by atoms with van der Waals surface area (Å²) in [5.74, 6) is 0.631. The van der Waals surface area contributed by atoms with Gasteiger partial charge in [-0.05, 0) is 43.5 Å². The molecule has 0 aliphatic rings. The van der Waals surface area contributed by atoms with Crippen molar-refractivity contribution in [1.29, 1.82) is 0 Å². The van der Waals surface area contributed by atoms with E-state index in [9.17, 15) is 8.42 Å². The van der Waals surface area contributed by atoms with Gasteiger partial charge in [0.05, 0.1) is 4.90 Å². The lowest BCUT2D eigenvalue weighted by atomic mass is 9.97. The number of nitrogens with one attached hydrogen (secondary N) is 1. The van der Waals surface area contributed by atoms with E-state index in [1.54, 1.807) is 12.1 Å². The average molecular weight is 270 g/mol. The van der Waals surface area contributed by atoms with Crippen molar-refractivity contribution in [1.82, 2.24) is 5.32 Å². The second-order valence-electron chi connectivity index (χ2n) is 5.01. The third-order valence-electron chi connectivity index (χ3n) is 2.90. The fourth-order valence-electron chi connectivity index (χ4n) is 1.97. The summed E-state index contributed by atoms with van der Waals surface area (Å²) in [4.78, 5) is 0.163. The van der Waals surface area contributed by atoms with Gasteiger partial charge in [0.15, 0.2) is 0 Å². The minimum atomic E-state index is -3.59. The molecule has 0 aliphatic heterocycles. The van der Waals surface area contributed by atoms with Crippen LogP contribution in [-0.2, 0) is 16.4 Å². The Labute approximate surface area is 110 Å². The van der Waals surface area contributed by atoms with Gasteiger partial charge in [-0.1, -0.05) is 26.0 Å². The van der Waals surface area contributed by atoms with Crippen LogP contribution < -0.4 is 10.5 Å². The molecule has 0 aromatic heterocycles. The van der Waals surface area contributed by atoms with Crippen LogP contribution in [0.1, 0.15) is 25.8 Å². The summed E-state index contributed by atoms with van der Waals surface area (Å²) in [5, 5.41) is 8.34. The van der Waals surface area contributed by atoms with Gasteiger partial charge in [-0.3, -0.25) is 0 Å². The molecule has 0 heterocycles. The summed E-state index contributed by atoms with van der Waals surface area (Å²) in [6.07, 6.45) is 1.98. The maximum Gasteiger partial charge on any atom is 0.238 e. The Morgan fingerprint density at radius 2 is 1.78 bits per heavy atom. The van der Waals surface area contributed by atoms with Crippen molar-refractivity contribution in [2.24, 2.45) is 11.1 Å². The highest BCUT2D eigenvalue weighted by atomic mass is 32.2. The molecule has 0 fully saturated rings. The van der Waals surface area contributed by atoms with E-state index in [4.69, 9.17) is 5.14 Å². The molecule has 0 radical (unpaired) electrons. The van der Waals surface area contributed by atoms with Crippen LogP contribution in [0.25, 0.3) is 0 Å². The molecule has 102 valence electrons. The Hall–Kier alpha value is -0.910. The van der Waals surface area contributed by atoms with Crippen molar-refractivity contribution in [3.8, 4) is 0 Å². The zero-order chi connectivity index (χ0) is 13.8. The van der Waals surface area contributed by atoms with Crippen LogP contribution in [0.5, 0.6) is 0 Å². The molecular formula is C13H22N2O2S. The molecule has 0 aliphatic carbocycles. The SMILES string of the molecule is CNC(Cc1ccc(S(N)(=O)=O)cc1)CC(C)C.